The van der Waals surface area contributed by atoms with E-state index in [1.807, 2.05) is 53.6 Å². The van der Waals surface area contributed by atoms with Crippen LogP contribution in [0.3, 0.4) is 0 Å². The second kappa shape index (κ2) is 9.41. The van der Waals surface area contributed by atoms with Crippen LogP contribution >= 0.6 is 0 Å². The number of methoxy groups -OCH3 is 2. The second-order valence-corrected chi connectivity index (χ2v) is 8.96. The Kier molecular flexibility index (Phi) is 6.16. The van der Waals surface area contributed by atoms with Crippen molar-refractivity contribution in [3.63, 3.8) is 0 Å². The fraction of sp³-hybridized carbons (Fsp3) is 0.321. The molecule has 0 saturated heterocycles. The standard InChI is InChI=1S/C28H30N4O3/c1-18-23(11-12-28(33)31-14-13-20-7-5-6-8-21(20)17-31)19(2)32-27(29-18)16-25(30-32)24-10-9-22(34-3)15-26(24)35-4/h5-10,15-16H,11-14,17H2,1-4H3. The van der Waals surface area contributed by atoms with Crippen LogP contribution in [0, 0.1) is 13.8 Å². The van der Waals surface area contributed by atoms with Crippen molar-refractivity contribution in [3.05, 3.63) is 76.6 Å². The zero-order valence-corrected chi connectivity index (χ0v) is 20.7. The number of hydrogen-bond acceptors (Lipinski definition) is 5. The van der Waals surface area contributed by atoms with E-state index in [4.69, 9.17) is 19.6 Å². The highest BCUT2D eigenvalue weighted by Crippen LogP contribution is 2.33. The number of rotatable bonds is 6. The Labute approximate surface area is 205 Å². The van der Waals surface area contributed by atoms with Crippen LogP contribution in [0.25, 0.3) is 16.9 Å². The van der Waals surface area contributed by atoms with Crippen molar-refractivity contribution in [2.75, 3.05) is 20.8 Å². The predicted molar refractivity (Wildman–Crippen MR) is 135 cm³/mol. The molecule has 7 heteroatoms. The highest BCUT2D eigenvalue weighted by Gasteiger charge is 2.21. The number of aromatic nitrogens is 3. The summed E-state index contributed by atoms with van der Waals surface area (Å²) in [7, 11) is 3.27. The molecule has 0 saturated carbocycles. The summed E-state index contributed by atoms with van der Waals surface area (Å²) in [6.45, 7) is 5.51. The summed E-state index contributed by atoms with van der Waals surface area (Å²) in [5.41, 5.74) is 8.03. The van der Waals surface area contributed by atoms with Gasteiger partial charge in [0.05, 0.1) is 19.9 Å². The lowest BCUT2D eigenvalue weighted by Gasteiger charge is -2.29. The van der Waals surface area contributed by atoms with Gasteiger partial charge in [-0.15, -0.1) is 0 Å². The molecule has 4 aromatic rings. The van der Waals surface area contributed by atoms with Gasteiger partial charge in [-0.3, -0.25) is 4.79 Å². The number of hydrogen-bond donors (Lipinski definition) is 0. The zero-order chi connectivity index (χ0) is 24.5. The lowest BCUT2D eigenvalue weighted by molar-refractivity contribution is -0.132. The summed E-state index contributed by atoms with van der Waals surface area (Å²) in [5, 5.41) is 4.83. The zero-order valence-electron chi connectivity index (χ0n) is 20.7. The molecule has 2 aromatic carbocycles. The van der Waals surface area contributed by atoms with E-state index in [0.717, 1.165) is 52.6 Å². The minimum absolute atomic E-state index is 0.183. The average molecular weight is 471 g/mol. The third-order valence-corrected chi connectivity index (χ3v) is 6.92. The first-order chi connectivity index (χ1) is 17.0. The van der Waals surface area contributed by atoms with Crippen molar-refractivity contribution in [1.82, 2.24) is 19.5 Å². The third-order valence-electron chi connectivity index (χ3n) is 6.92. The van der Waals surface area contributed by atoms with Crippen molar-refractivity contribution in [2.24, 2.45) is 0 Å². The van der Waals surface area contributed by atoms with Crippen LogP contribution in [-0.4, -0.2) is 46.2 Å². The molecule has 35 heavy (non-hydrogen) atoms. The molecular weight excluding hydrogens is 440 g/mol. The fourth-order valence-corrected chi connectivity index (χ4v) is 4.93. The molecule has 1 aliphatic heterocycles. The van der Waals surface area contributed by atoms with Crippen molar-refractivity contribution in [2.45, 2.75) is 39.7 Å². The number of nitrogens with zero attached hydrogens (tertiary/aromatic N) is 4. The first-order valence-electron chi connectivity index (χ1n) is 11.9. The number of carbonyl (C=O) groups excluding carboxylic acids is 1. The number of carbonyl (C=O) groups is 1. The number of aryl methyl sites for hydroxylation is 2. The van der Waals surface area contributed by atoms with Gasteiger partial charge in [0, 0.05) is 48.6 Å². The van der Waals surface area contributed by atoms with Gasteiger partial charge in [0.1, 0.15) is 11.5 Å². The van der Waals surface area contributed by atoms with E-state index in [2.05, 4.69) is 18.2 Å². The van der Waals surface area contributed by atoms with Crippen LogP contribution in [-0.2, 0) is 24.2 Å². The van der Waals surface area contributed by atoms with Gasteiger partial charge < -0.3 is 14.4 Å². The number of amides is 1. The monoisotopic (exact) mass is 470 g/mol. The minimum Gasteiger partial charge on any atom is -0.497 e. The maximum absolute atomic E-state index is 13.0. The van der Waals surface area contributed by atoms with Crippen LogP contribution in [0.4, 0.5) is 0 Å². The van der Waals surface area contributed by atoms with Crippen molar-refractivity contribution >= 4 is 11.6 Å². The molecule has 0 bridgehead atoms. The van der Waals surface area contributed by atoms with Crippen LogP contribution < -0.4 is 9.47 Å². The van der Waals surface area contributed by atoms with Crippen LogP contribution in [0.5, 0.6) is 11.5 Å². The van der Waals surface area contributed by atoms with E-state index in [-0.39, 0.29) is 5.91 Å². The smallest absolute Gasteiger partial charge is 0.223 e. The van der Waals surface area contributed by atoms with Crippen LogP contribution in [0.15, 0.2) is 48.5 Å². The van der Waals surface area contributed by atoms with E-state index < -0.39 is 0 Å². The van der Waals surface area contributed by atoms with Crippen LogP contribution in [0.2, 0.25) is 0 Å². The summed E-state index contributed by atoms with van der Waals surface area (Å²) < 4.78 is 12.7. The van der Waals surface area contributed by atoms with E-state index in [1.54, 1.807) is 14.2 Å². The lowest BCUT2D eigenvalue weighted by Crippen LogP contribution is -2.36. The largest absolute Gasteiger partial charge is 0.497 e. The van der Waals surface area contributed by atoms with Gasteiger partial charge in [0.2, 0.25) is 5.91 Å². The molecule has 1 aliphatic rings. The highest BCUT2D eigenvalue weighted by atomic mass is 16.5. The molecule has 0 radical (unpaired) electrons. The van der Waals surface area contributed by atoms with Crippen molar-refractivity contribution in [1.29, 1.82) is 0 Å². The van der Waals surface area contributed by atoms with Crippen molar-refractivity contribution < 1.29 is 14.3 Å². The van der Waals surface area contributed by atoms with Gasteiger partial charge in [0.25, 0.3) is 0 Å². The van der Waals surface area contributed by atoms with Gasteiger partial charge in [0.15, 0.2) is 5.65 Å². The maximum Gasteiger partial charge on any atom is 0.223 e. The Balaban J connectivity index is 1.37. The third kappa shape index (κ3) is 4.34. The number of benzene rings is 2. The van der Waals surface area contributed by atoms with Crippen LogP contribution in [0.1, 0.15) is 34.5 Å². The lowest BCUT2D eigenvalue weighted by atomic mass is 9.99. The molecule has 0 fully saturated rings. The summed E-state index contributed by atoms with van der Waals surface area (Å²) in [4.78, 5) is 19.8. The molecular formula is C28H30N4O3. The number of ether oxygens (including phenoxy) is 2. The van der Waals surface area contributed by atoms with E-state index in [9.17, 15) is 4.79 Å². The number of fused-ring (bicyclic) bond motifs is 2. The SMILES string of the molecule is COc1ccc(-c2cc3nc(C)c(CCC(=O)N4CCc5ccccc5C4)c(C)n3n2)c(OC)c1. The molecule has 180 valence electrons. The Morgan fingerprint density at radius 1 is 1.03 bits per heavy atom. The fourth-order valence-electron chi connectivity index (χ4n) is 4.93. The molecule has 1 amide bonds. The summed E-state index contributed by atoms with van der Waals surface area (Å²) >= 11 is 0. The summed E-state index contributed by atoms with van der Waals surface area (Å²) in [5.74, 6) is 1.60. The Bertz CT molecular complexity index is 1410. The molecule has 5 rings (SSSR count). The van der Waals surface area contributed by atoms with E-state index >= 15 is 0 Å². The van der Waals surface area contributed by atoms with Gasteiger partial charge in [-0.1, -0.05) is 24.3 Å². The topological polar surface area (TPSA) is 69.0 Å². The molecule has 3 heterocycles. The molecule has 0 unspecified atom stereocenters. The molecule has 0 aliphatic carbocycles. The quantitative estimate of drug-likeness (QED) is 0.414. The summed E-state index contributed by atoms with van der Waals surface area (Å²) in [6, 6.07) is 16.0. The van der Waals surface area contributed by atoms with Gasteiger partial charge in [-0.25, -0.2) is 9.50 Å². The van der Waals surface area contributed by atoms with Crippen molar-refractivity contribution in [3.8, 4) is 22.8 Å². The highest BCUT2D eigenvalue weighted by molar-refractivity contribution is 5.77. The Hall–Kier alpha value is -3.87. The Morgan fingerprint density at radius 3 is 2.60 bits per heavy atom. The first kappa shape index (κ1) is 22.9. The molecule has 7 nitrogen and oxygen atoms in total. The maximum atomic E-state index is 13.0. The first-order valence-corrected chi connectivity index (χ1v) is 11.9. The molecule has 0 N–H and O–H groups in total. The molecule has 0 atom stereocenters. The van der Waals surface area contributed by atoms with Gasteiger partial charge >= 0.3 is 0 Å². The van der Waals surface area contributed by atoms with Gasteiger partial charge in [-0.05, 0) is 55.5 Å². The van der Waals surface area contributed by atoms with E-state index in [1.165, 1.54) is 11.1 Å². The minimum atomic E-state index is 0.183. The average Bonchev–Trinajstić information content (AvgIpc) is 3.31. The Morgan fingerprint density at radius 2 is 1.83 bits per heavy atom. The summed E-state index contributed by atoms with van der Waals surface area (Å²) in [6.07, 6.45) is 2.01. The van der Waals surface area contributed by atoms with Gasteiger partial charge in [-0.2, -0.15) is 5.10 Å². The normalized spacial score (nSPS) is 13.1. The van der Waals surface area contributed by atoms with E-state index in [0.29, 0.717) is 25.1 Å². The molecule has 0 spiro atoms. The predicted octanol–water partition coefficient (Wildman–Crippen LogP) is 4.55. The second-order valence-electron chi connectivity index (χ2n) is 8.96. The molecule has 2 aromatic heterocycles.